The van der Waals surface area contributed by atoms with Crippen molar-refractivity contribution in [3.8, 4) is 0 Å². The molecule has 1 amide bonds. The van der Waals surface area contributed by atoms with Crippen LogP contribution in [0.2, 0.25) is 0 Å². The zero-order chi connectivity index (χ0) is 11.8. The number of benzene rings is 1. The summed E-state index contributed by atoms with van der Waals surface area (Å²) in [4.78, 5) is 10.3. The first-order chi connectivity index (χ1) is 7.81. The SMILES string of the molecule is CC/C=C(\NNC)c1ccc(NC=O)cc1. The minimum absolute atomic E-state index is 0.670. The Labute approximate surface area is 95.7 Å². The van der Waals surface area contributed by atoms with Gasteiger partial charge in [-0.25, -0.2) is 5.43 Å². The Morgan fingerprint density at radius 3 is 2.50 bits per heavy atom. The fourth-order valence-electron chi connectivity index (χ4n) is 1.39. The van der Waals surface area contributed by atoms with E-state index in [1.54, 1.807) is 0 Å². The second-order valence-corrected chi connectivity index (χ2v) is 3.24. The normalized spacial score (nSPS) is 11.0. The summed E-state index contributed by atoms with van der Waals surface area (Å²) in [5, 5.41) is 2.60. The van der Waals surface area contributed by atoms with Gasteiger partial charge in [-0.3, -0.25) is 4.79 Å². The van der Waals surface area contributed by atoms with Crippen LogP contribution in [0.25, 0.3) is 5.70 Å². The maximum atomic E-state index is 10.3. The largest absolute Gasteiger partial charge is 0.329 e. The van der Waals surface area contributed by atoms with Gasteiger partial charge in [0.1, 0.15) is 0 Å². The van der Waals surface area contributed by atoms with Gasteiger partial charge in [0, 0.05) is 12.7 Å². The third-order valence-electron chi connectivity index (χ3n) is 2.09. The molecule has 0 saturated heterocycles. The summed E-state index contributed by atoms with van der Waals surface area (Å²) in [6.45, 7) is 2.08. The van der Waals surface area contributed by atoms with E-state index >= 15 is 0 Å². The Balaban J connectivity index is 2.85. The van der Waals surface area contributed by atoms with Gasteiger partial charge in [-0.05, 0) is 24.1 Å². The molecule has 0 bridgehead atoms. The van der Waals surface area contributed by atoms with Crippen LogP contribution in [0.15, 0.2) is 30.3 Å². The molecule has 0 spiro atoms. The number of allylic oxidation sites excluding steroid dienone is 1. The molecule has 0 atom stereocenters. The van der Waals surface area contributed by atoms with Crippen LogP contribution < -0.4 is 16.2 Å². The highest BCUT2D eigenvalue weighted by molar-refractivity contribution is 5.73. The van der Waals surface area contributed by atoms with Crippen molar-refractivity contribution < 1.29 is 4.79 Å². The van der Waals surface area contributed by atoms with Crippen LogP contribution in [0.4, 0.5) is 5.69 Å². The molecule has 0 aliphatic carbocycles. The quantitative estimate of drug-likeness (QED) is 0.504. The lowest BCUT2D eigenvalue weighted by atomic mass is 10.1. The highest BCUT2D eigenvalue weighted by atomic mass is 16.1. The summed E-state index contributed by atoms with van der Waals surface area (Å²) in [6.07, 6.45) is 3.72. The molecule has 86 valence electrons. The van der Waals surface area contributed by atoms with Gasteiger partial charge in [0.15, 0.2) is 0 Å². The second kappa shape index (κ2) is 6.63. The predicted octanol–water partition coefficient (Wildman–Crippen LogP) is 1.73. The van der Waals surface area contributed by atoms with Crippen molar-refractivity contribution in [1.82, 2.24) is 10.9 Å². The number of nitrogens with one attached hydrogen (secondary N) is 3. The Bertz CT molecular complexity index is 357. The average molecular weight is 219 g/mol. The van der Waals surface area contributed by atoms with Crippen molar-refractivity contribution in [2.24, 2.45) is 0 Å². The first-order valence-corrected chi connectivity index (χ1v) is 5.25. The molecule has 0 saturated carbocycles. The third kappa shape index (κ3) is 3.40. The van der Waals surface area contributed by atoms with E-state index in [1.807, 2.05) is 31.3 Å². The zero-order valence-electron chi connectivity index (χ0n) is 9.58. The maximum absolute atomic E-state index is 10.3. The summed E-state index contributed by atoms with van der Waals surface area (Å²) in [7, 11) is 1.83. The molecule has 4 nitrogen and oxygen atoms in total. The molecule has 3 N–H and O–H groups in total. The Hall–Kier alpha value is -1.81. The number of hydrogen-bond acceptors (Lipinski definition) is 3. The van der Waals surface area contributed by atoms with Crippen molar-refractivity contribution in [2.75, 3.05) is 12.4 Å². The molecule has 0 unspecified atom stereocenters. The molecule has 0 aliphatic heterocycles. The van der Waals surface area contributed by atoms with Crippen molar-refractivity contribution in [3.63, 3.8) is 0 Å². The van der Waals surface area contributed by atoms with E-state index in [9.17, 15) is 4.79 Å². The van der Waals surface area contributed by atoms with Crippen LogP contribution in [0.3, 0.4) is 0 Å². The molecular formula is C12H17N3O. The number of carbonyl (C=O) groups is 1. The smallest absolute Gasteiger partial charge is 0.211 e. The molecule has 0 radical (unpaired) electrons. The molecule has 16 heavy (non-hydrogen) atoms. The molecular weight excluding hydrogens is 202 g/mol. The highest BCUT2D eigenvalue weighted by Gasteiger charge is 1.99. The van der Waals surface area contributed by atoms with Gasteiger partial charge in [-0.15, -0.1) is 0 Å². The fourth-order valence-corrected chi connectivity index (χ4v) is 1.39. The van der Waals surface area contributed by atoms with Crippen molar-refractivity contribution in [1.29, 1.82) is 0 Å². The molecule has 0 heterocycles. The average Bonchev–Trinajstić information content (AvgIpc) is 2.30. The lowest BCUT2D eigenvalue weighted by Gasteiger charge is -2.10. The zero-order valence-corrected chi connectivity index (χ0v) is 9.58. The van der Waals surface area contributed by atoms with E-state index in [-0.39, 0.29) is 0 Å². The van der Waals surface area contributed by atoms with E-state index in [4.69, 9.17) is 0 Å². The minimum Gasteiger partial charge on any atom is -0.329 e. The molecule has 4 heteroatoms. The summed E-state index contributed by atoms with van der Waals surface area (Å²) in [5.74, 6) is 0. The van der Waals surface area contributed by atoms with E-state index in [0.29, 0.717) is 6.41 Å². The monoisotopic (exact) mass is 219 g/mol. The van der Waals surface area contributed by atoms with Crippen molar-refractivity contribution in [3.05, 3.63) is 35.9 Å². The molecule has 0 aromatic heterocycles. The van der Waals surface area contributed by atoms with Crippen LogP contribution in [0.1, 0.15) is 18.9 Å². The van der Waals surface area contributed by atoms with Crippen LogP contribution >= 0.6 is 0 Å². The van der Waals surface area contributed by atoms with Crippen LogP contribution in [-0.4, -0.2) is 13.5 Å². The van der Waals surface area contributed by atoms with Gasteiger partial charge in [-0.2, -0.15) is 0 Å². The number of carbonyl (C=O) groups excluding carboxylic acids is 1. The summed E-state index contributed by atoms with van der Waals surface area (Å²) < 4.78 is 0. The third-order valence-corrected chi connectivity index (χ3v) is 2.09. The van der Waals surface area contributed by atoms with Crippen LogP contribution in [0, 0.1) is 0 Å². The summed E-state index contributed by atoms with van der Waals surface area (Å²) >= 11 is 0. The molecule has 0 aliphatic rings. The number of anilines is 1. The number of hydrazine groups is 1. The Morgan fingerprint density at radius 2 is 2.00 bits per heavy atom. The lowest BCUT2D eigenvalue weighted by molar-refractivity contribution is -0.105. The minimum atomic E-state index is 0.670. The van der Waals surface area contributed by atoms with E-state index in [0.717, 1.165) is 23.4 Å². The highest BCUT2D eigenvalue weighted by Crippen LogP contribution is 2.15. The topological polar surface area (TPSA) is 53.2 Å². The van der Waals surface area contributed by atoms with E-state index < -0.39 is 0 Å². The molecule has 1 aromatic carbocycles. The van der Waals surface area contributed by atoms with Crippen molar-refractivity contribution in [2.45, 2.75) is 13.3 Å². The van der Waals surface area contributed by atoms with Gasteiger partial charge < -0.3 is 10.7 Å². The predicted molar refractivity (Wildman–Crippen MR) is 66.6 cm³/mol. The van der Waals surface area contributed by atoms with E-state index in [2.05, 4.69) is 29.2 Å². The first-order valence-electron chi connectivity index (χ1n) is 5.25. The number of hydrogen-bond donors (Lipinski definition) is 3. The summed E-state index contributed by atoms with van der Waals surface area (Å²) in [5.41, 5.74) is 8.87. The maximum Gasteiger partial charge on any atom is 0.211 e. The lowest BCUT2D eigenvalue weighted by Crippen LogP contribution is -2.25. The van der Waals surface area contributed by atoms with E-state index in [1.165, 1.54) is 0 Å². The van der Waals surface area contributed by atoms with Crippen LogP contribution in [0.5, 0.6) is 0 Å². The van der Waals surface area contributed by atoms with Gasteiger partial charge in [0.25, 0.3) is 0 Å². The van der Waals surface area contributed by atoms with Gasteiger partial charge in [0.05, 0.1) is 5.70 Å². The van der Waals surface area contributed by atoms with Crippen LogP contribution in [-0.2, 0) is 4.79 Å². The molecule has 0 fully saturated rings. The van der Waals surface area contributed by atoms with Gasteiger partial charge in [-0.1, -0.05) is 25.1 Å². The standard InChI is InChI=1S/C12H17N3O/c1-3-4-12(15-13-2)10-5-7-11(8-6-10)14-9-16/h4-9,13,15H,3H2,1-2H3,(H,14,16)/b12-4-. The molecule has 1 rings (SSSR count). The molecule has 1 aromatic rings. The summed E-state index contributed by atoms with van der Waals surface area (Å²) in [6, 6.07) is 7.64. The second-order valence-electron chi connectivity index (χ2n) is 3.24. The number of amides is 1. The van der Waals surface area contributed by atoms with Crippen molar-refractivity contribution >= 4 is 17.8 Å². The van der Waals surface area contributed by atoms with Gasteiger partial charge >= 0.3 is 0 Å². The Morgan fingerprint density at radius 1 is 1.31 bits per heavy atom. The van der Waals surface area contributed by atoms with Gasteiger partial charge in [0.2, 0.25) is 6.41 Å². The fraction of sp³-hybridized carbons (Fsp3) is 0.250. The number of rotatable bonds is 6. The Kier molecular flexibility index (Phi) is 5.08. The first kappa shape index (κ1) is 12.3.